The predicted molar refractivity (Wildman–Crippen MR) is 167 cm³/mol. The summed E-state index contributed by atoms with van der Waals surface area (Å²) < 4.78 is 40.5. The van der Waals surface area contributed by atoms with Crippen LogP contribution in [-0.2, 0) is 22.5 Å². The summed E-state index contributed by atoms with van der Waals surface area (Å²) in [6.45, 7) is 5.92. The first-order chi connectivity index (χ1) is 21.7. The molecule has 2 saturated heterocycles. The maximum Gasteiger partial charge on any atom is 0.319 e. The minimum absolute atomic E-state index is 0.0145. The number of fused-ring (bicyclic) bond motifs is 2. The molecule has 3 aromatic rings. The van der Waals surface area contributed by atoms with Crippen LogP contribution >= 0.6 is 11.6 Å². The second-order valence-corrected chi connectivity index (χ2v) is 12.1. The summed E-state index contributed by atoms with van der Waals surface area (Å²) in [5.74, 6) is -1.68. The Balaban J connectivity index is 1.38. The highest BCUT2D eigenvalue weighted by atomic mass is 35.5. The number of amides is 1. The highest BCUT2D eigenvalue weighted by Gasteiger charge is 2.36. The molecule has 2 fully saturated rings. The first kappa shape index (κ1) is 31.0. The van der Waals surface area contributed by atoms with Gasteiger partial charge in [-0.15, -0.1) is 0 Å². The van der Waals surface area contributed by atoms with Crippen LogP contribution in [0.1, 0.15) is 17.7 Å². The average Bonchev–Trinajstić information content (AvgIpc) is 3.50. The van der Waals surface area contributed by atoms with E-state index in [0.29, 0.717) is 50.5 Å². The molecular formula is C32H34ClF2N7O3. The van der Waals surface area contributed by atoms with Gasteiger partial charge in [-0.05, 0) is 38.0 Å². The fourth-order valence-electron chi connectivity index (χ4n) is 6.47. The van der Waals surface area contributed by atoms with Crippen molar-refractivity contribution in [3.8, 4) is 12.1 Å². The van der Waals surface area contributed by atoms with E-state index in [1.807, 2.05) is 42.1 Å². The number of carbonyl (C=O) groups excluding carboxylic acids is 1. The molecule has 3 aliphatic heterocycles. The van der Waals surface area contributed by atoms with Crippen LogP contribution in [0.3, 0.4) is 0 Å². The van der Waals surface area contributed by atoms with Crippen molar-refractivity contribution in [2.75, 3.05) is 63.3 Å². The molecular weight excluding hydrogens is 604 g/mol. The van der Waals surface area contributed by atoms with Gasteiger partial charge in [-0.1, -0.05) is 36.4 Å². The fraction of sp³-hybridized carbons (Fsp3) is 0.438. The summed E-state index contributed by atoms with van der Waals surface area (Å²) in [6, 6.07) is 10.6. The monoisotopic (exact) mass is 637 g/mol. The van der Waals surface area contributed by atoms with Gasteiger partial charge in [0.25, 0.3) is 5.91 Å². The lowest BCUT2D eigenvalue weighted by atomic mass is 10.0. The number of rotatable bonds is 7. The molecule has 0 aliphatic carbocycles. The Morgan fingerprint density at radius 2 is 2.02 bits per heavy atom. The van der Waals surface area contributed by atoms with Crippen LogP contribution in [0.2, 0.25) is 5.02 Å². The van der Waals surface area contributed by atoms with Crippen molar-refractivity contribution in [1.82, 2.24) is 19.8 Å². The molecule has 13 heteroatoms. The Hall–Kier alpha value is -4.05. The molecule has 0 radical (unpaired) electrons. The number of carbonyl (C=O) groups is 1. The highest BCUT2D eigenvalue weighted by Crippen LogP contribution is 2.38. The smallest absolute Gasteiger partial charge is 0.319 e. The molecule has 0 N–H and O–H groups in total. The van der Waals surface area contributed by atoms with Gasteiger partial charge in [-0.3, -0.25) is 4.79 Å². The number of ether oxygens (including phenoxy) is 2. The third kappa shape index (κ3) is 6.00. The SMILES string of the molecule is C=C(F)C(=O)N1CCN(c2nc(O[C@@H]3COC[C@@H]3N(C)C)nc3c2CCN(c2cccc4ccc(F)c(Cl)c24)C3)CC1CC#N. The van der Waals surface area contributed by atoms with E-state index in [9.17, 15) is 18.8 Å². The van der Waals surface area contributed by atoms with Crippen LogP contribution < -0.4 is 14.5 Å². The van der Waals surface area contributed by atoms with E-state index in [-0.39, 0.29) is 42.7 Å². The molecule has 1 aromatic heterocycles. The van der Waals surface area contributed by atoms with Crippen molar-refractivity contribution in [3.05, 3.63) is 64.8 Å². The minimum Gasteiger partial charge on any atom is -0.456 e. The van der Waals surface area contributed by atoms with E-state index in [1.165, 1.54) is 11.0 Å². The van der Waals surface area contributed by atoms with Crippen LogP contribution in [-0.4, -0.2) is 97.4 Å². The molecule has 0 spiro atoms. The van der Waals surface area contributed by atoms with Gasteiger partial charge in [-0.25, -0.2) is 8.78 Å². The quantitative estimate of drug-likeness (QED) is 0.355. The van der Waals surface area contributed by atoms with Gasteiger partial charge in [0, 0.05) is 42.8 Å². The second kappa shape index (κ2) is 12.7. The average molecular weight is 638 g/mol. The van der Waals surface area contributed by atoms with E-state index < -0.39 is 23.6 Å². The van der Waals surface area contributed by atoms with E-state index in [2.05, 4.69) is 17.5 Å². The Kier molecular flexibility index (Phi) is 8.77. The zero-order valence-corrected chi connectivity index (χ0v) is 25.9. The molecule has 1 unspecified atom stereocenters. The Morgan fingerprint density at radius 1 is 1.20 bits per heavy atom. The van der Waals surface area contributed by atoms with Crippen molar-refractivity contribution in [2.24, 2.45) is 0 Å². The molecule has 3 atom stereocenters. The normalized spacial score (nSPS) is 21.6. The number of aromatic nitrogens is 2. The Labute approximate surface area is 265 Å². The molecule has 3 aliphatic rings. The number of benzene rings is 2. The van der Waals surface area contributed by atoms with E-state index >= 15 is 0 Å². The molecule has 1 amide bonds. The lowest BCUT2D eigenvalue weighted by Crippen LogP contribution is -2.55. The number of anilines is 2. The fourth-order valence-corrected chi connectivity index (χ4v) is 6.74. The third-order valence-electron chi connectivity index (χ3n) is 8.80. The number of hydrogen-bond acceptors (Lipinski definition) is 9. The third-order valence-corrected chi connectivity index (χ3v) is 9.17. The molecule has 45 heavy (non-hydrogen) atoms. The molecule has 10 nitrogen and oxygen atoms in total. The van der Waals surface area contributed by atoms with Crippen molar-refractivity contribution >= 4 is 39.8 Å². The highest BCUT2D eigenvalue weighted by molar-refractivity contribution is 6.36. The van der Waals surface area contributed by atoms with Crippen LogP contribution in [0.4, 0.5) is 20.3 Å². The number of nitriles is 1. The van der Waals surface area contributed by atoms with Gasteiger partial charge < -0.3 is 29.1 Å². The molecule has 0 bridgehead atoms. The zero-order valence-electron chi connectivity index (χ0n) is 25.2. The molecule has 6 rings (SSSR count). The maximum atomic E-state index is 14.6. The van der Waals surface area contributed by atoms with Gasteiger partial charge >= 0.3 is 6.01 Å². The Morgan fingerprint density at radius 3 is 2.78 bits per heavy atom. The van der Waals surface area contributed by atoms with Crippen molar-refractivity contribution in [3.63, 3.8) is 0 Å². The number of nitrogens with zero attached hydrogens (tertiary/aromatic N) is 7. The molecule has 2 aromatic carbocycles. The number of piperazine rings is 1. The van der Waals surface area contributed by atoms with E-state index in [0.717, 1.165) is 22.3 Å². The molecule has 236 valence electrons. The van der Waals surface area contributed by atoms with Crippen molar-refractivity contribution < 1.29 is 23.0 Å². The van der Waals surface area contributed by atoms with Crippen molar-refractivity contribution in [1.29, 1.82) is 5.26 Å². The van der Waals surface area contributed by atoms with Gasteiger partial charge in [0.15, 0.2) is 5.83 Å². The molecule has 0 saturated carbocycles. The number of likely N-dealkylation sites (N-methyl/N-ethyl adjacent to an activating group) is 1. The summed E-state index contributed by atoms with van der Waals surface area (Å²) in [6.07, 6.45) is 0.314. The summed E-state index contributed by atoms with van der Waals surface area (Å²) in [4.78, 5) is 29.9. The zero-order chi connectivity index (χ0) is 31.8. The van der Waals surface area contributed by atoms with Crippen molar-refractivity contribution in [2.45, 2.75) is 37.6 Å². The van der Waals surface area contributed by atoms with Gasteiger partial charge in [0.1, 0.15) is 17.7 Å². The first-order valence-electron chi connectivity index (χ1n) is 14.9. The van der Waals surface area contributed by atoms with E-state index in [4.69, 9.17) is 31.0 Å². The lowest BCUT2D eigenvalue weighted by molar-refractivity contribution is -0.131. The van der Waals surface area contributed by atoms with Crippen LogP contribution in [0, 0.1) is 17.1 Å². The topological polar surface area (TPSA) is 98.1 Å². The van der Waals surface area contributed by atoms with Crippen LogP contribution in [0.25, 0.3) is 10.8 Å². The first-order valence-corrected chi connectivity index (χ1v) is 15.2. The van der Waals surface area contributed by atoms with Gasteiger partial charge in [-0.2, -0.15) is 15.2 Å². The maximum absolute atomic E-state index is 14.6. The Bertz CT molecular complexity index is 1680. The van der Waals surface area contributed by atoms with Crippen LogP contribution in [0.15, 0.2) is 42.7 Å². The minimum atomic E-state index is -1.05. The van der Waals surface area contributed by atoms with Gasteiger partial charge in [0.05, 0.1) is 55.0 Å². The predicted octanol–water partition coefficient (Wildman–Crippen LogP) is 4.11. The number of halogens is 3. The number of hydrogen-bond donors (Lipinski definition) is 0. The second-order valence-electron chi connectivity index (χ2n) is 11.8. The lowest BCUT2D eigenvalue weighted by Gasteiger charge is -2.42. The summed E-state index contributed by atoms with van der Waals surface area (Å²) in [5, 5.41) is 11.1. The van der Waals surface area contributed by atoms with Crippen LogP contribution in [0.5, 0.6) is 6.01 Å². The van der Waals surface area contributed by atoms with Gasteiger partial charge in [0.2, 0.25) is 0 Å². The summed E-state index contributed by atoms with van der Waals surface area (Å²) in [7, 11) is 3.93. The summed E-state index contributed by atoms with van der Waals surface area (Å²) >= 11 is 6.48. The standard InChI is InChI=1S/C32H34ClF2N7O3/c1-19(34)31(43)42-14-13-41(15-21(42)9-11-36)30-22-10-12-40(25-6-4-5-20-7-8-23(35)29(33)28(20)25)16-24(22)37-32(38-30)45-27-18-44-17-26(27)39(2)3/h4-8,21,26-27H,1,9-10,12-18H2,2-3H3/t21?,26-,27+/m0/s1. The summed E-state index contributed by atoms with van der Waals surface area (Å²) in [5.41, 5.74) is 2.47. The largest absolute Gasteiger partial charge is 0.456 e. The van der Waals surface area contributed by atoms with E-state index in [1.54, 1.807) is 6.07 Å². The molecule has 4 heterocycles.